The van der Waals surface area contributed by atoms with Crippen LogP contribution in [0.1, 0.15) is 5.56 Å². The molecule has 0 aliphatic carbocycles. The molecule has 1 atom stereocenters. The van der Waals surface area contributed by atoms with Crippen LogP contribution in [0.15, 0.2) is 48.5 Å². The Hall–Kier alpha value is -2.59. The minimum absolute atomic E-state index is 0.0566. The molecule has 1 aliphatic rings. The maximum Gasteiger partial charge on any atom is 0.145 e. The number of ether oxygens (including phenoxy) is 2. The van der Waals surface area contributed by atoms with Crippen LogP contribution >= 0.6 is 0 Å². The highest BCUT2D eigenvalue weighted by atomic mass is 16.5. The maximum absolute atomic E-state index is 6.01. The van der Waals surface area contributed by atoms with Crippen LogP contribution in [0.25, 0.3) is 22.2 Å². The third-order valence-electron chi connectivity index (χ3n) is 4.27. The van der Waals surface area contributed by atoms with Gasteiger partial charge in [-0.2, -0.15) is 0 Å². The second kappa shape index (κ2) is 5.56. The fourth-order valence-electron chi connectivity index (χ4n) is 3.11. The first kappa shape index (κ1) is 14.0. The van der Waals surface area contributed by atoms with Crippen LogP contribution in [0.3, 0.4) is 0 Å². The van der Waals surface area contributed by atoms with E-state index < -0.39 is 0 Å². The molecule has 1 unspecified atom stereocenters. The van der Waals surface area contributed by atoms with Crippen molar-refractivity contribution in [2.45, 2.75) is 12.5 Å². The number of para-hydroxylation sites is 2. The van der Waals surface area contributed by atoms with Crippen LogP contribution in [0.4, 0.5) is 0 Å². The molecular formula is C19H18N2O2. The molecule has 0 saturated carbocycles. The van der Waals surface area contributed by atoms with E-state index in [2.05, 4.69) is 12.1 Å². The minimum atomic E-state index is 0.0566. The molecule has 23 heavy (non-hydrogen) atoms. The summed E-state index contributed by atoms with van der Waals surface area (Å²) in [5.41, 5.74) is 9.70. The lowest BCUT2D eigenvalue weighted by molar-refractivity contribution is 0.242. The Labute approximate surface area is 134 Å². The van der Waals surface area contributed by atoms with Crippen molar-refractivity contribution in [3.05, 3.63) is 54.1 Å². The molecule has 1 aromatic heterocycles. The molecule has 4 rings (SSSR count). The van der Waals surface area contributed by atoms with Crippen molar-refractivity contribution in [1.29, 1.82) is 0 Å². The van der Waals surface area contributed by atoms with E-state index in [4.69, 9.17) is 20.2 Å². The average Bonchev–Trinajstić information content (AvgIpc) is 3.04. The molecule has 4 nitrogen and oxygen atoms in total. The number of methoxy groups -OCH3 is 1. The smallest absolute Gasteiger partial charge is 0.145 e. The Balaban J connectivity index is 1.87. The molecule has 0 radical (unpaired) electrons. The summed E-state index contributed by atoms with van der Waals surface area (Å²) >= 11 is 0. The van der Waals surface area contributed by atoms with Gasteiger partial charge in [-0.05, 0) is 23.8 Å². The molecule has 2 aromatic carbocycles. The van der Waals surface area contributed by atoms with E-state index in [1.54, 1.807) is 7.11 Å². The monoisotopic (exact) mass is 306 g/mol. The van der Waals surface area contributed by atoms with Crippen molar-refractivity contribution in [3.8, 4) is 22.8 Å². The van der Waals surface area contributed by atoms with Gasteiger partial charge in [0.25, 0.3) is 0 Å². The van der Waals surface area contributed by atoms with Crippen molar-refractivity contribution < 1.29 is 9.47 Å². The molecule has 0 spiro atoms. The molecule has 1 aliphatic heterocycles. The summed E-state index contributed by atoms with van der Waals surface area (Å²) in [6.07, 6.45) is 0.914. The summed E-state index contributed by atoms with van der Waals surface area (Å²) < 4.78 is 11.4. The van der Waals surface area contributed by atoms with Gasteiger partial charge < -0.3 is 15.2 Å². The van der Waals surface area contributed by atoms with Gasteiger partial charge in [0, 0.05) is 23.9 Å². The summed E-state index contributed by atoms with van der Waals surface area (Å²) in [6, 6.07) is 16.2. The quantitative estimate of drug-likeness (QED) is 0.807. The molecule has 3 aromatic rings. The number of nitrogens with zero attached hydrogens (tertiary/aromatic N) is 1. The first-order valence-electron chi connectivity index (χ1n) is 7.73. The Bertz CT molecular complexity index is 876. The molecular weight excluding hydrogens is 288 g/mol. The Morgan fingerprint density at radius 2 is 2.04 bits per heavy atom. The van der Waals surface area contributed by atoms with Gasteiger partial charge in [0.15, 0.2) is 0 Å². The summed E-state index contributed by atoms with van der Waals surface area (Å²) in [5, 5.41) is 1.06. The van der Waals surface area contributed by atoms with Gasteiger partial charge in [-0.3, -0.25) is 0 Å². The van der Waals surface area contributed by atoms with Gasteiger partial charge in [0.1, 0.15) is 23.1 Å². The highest BCUT2D eigenvalue weighted by molar-refractivity contribution is 5.87. The Morgan fingerprint density at radius 1 is 1.17 bits per heavy atom. The second-order valence-corrected chi connectivity index (χ2v) is 5.70. The lowest BCUT2D eigenvalue weighted by Crippen LogP contribution is -2.24. The molecule has 4 heteroatoms. The van der Waals surface area contributed by atoms with E-state index >= 15 is 0 Å². The molecule has 0 amide bonds. The van der Waals surface area contributed by atoms with Crippen molar-refractivity contribution >= 4 is 10.9 Å². The topological polar surface area (TPSA) is 57.4 Å². The van der Waals surface area contributed by atoms with Gasteiger partial charge in [0.2, 0.25) is 0 Å². The number of hydrogen-bond donors (Lipinski definition) is 1. The van der Waals surface area contributed by atoms with Crippen LogP contribution in [0.2, 0.25) is 0 Å². The first-order valence-corrected chi connectivity index (χ1v) is 7.73. The predicted octanol–water partition coefficient (Wildman–Crippen LogP) is 3.17. The Kier molecular flexibility index (Phi) is 3.39. The lowest BCUT2D eigenvalue weighted by Gasteiger charge is -2.11. The number of rotatable bonds is 3. The number of benzene rings is 2. The number of hydrogen-bond acceptors (Lipinski definition) is 4. The normalized spacial score (nSPS) is 16.2. The average molecular weight is 306 g/mol. The first-order chi connectivity index (χ1) is 11.3. The number of fused-ring (bicyclic) bond motifs is 2. The van der Waals surface area contributed by atoms with Crippen LogP contribution in [-0.4, -0.2) is 24.7 Å². The van der Waals surface area contributed by atoms with Gasteiger partial charge in [-0.1, -0.05) is 30.3 Å². The Morgan fingerprint density at radius 3 is 2.87 bits per heavy atom. The lowest BCUT2D eigenvalue weighted by atomic mass is 10.0. The number of pyridine rings is 1. The zero-order valence-electron chi connectivity index (χ0n) is 13.0. The molecule has 116 valence electrons. The van der Waals surface area contributed by atoms with Crippen molar-refractivity contribution in [2.75, 3.05) is 13.7 Å². The predicted molar refractivity (Wildman–Crippen MR) is 90.9 cm³/mol. The van der Waals surface area contributed by atoms with Crippen LogP contribution in [-0.2, 0) is 6.42 Å². The van der Waals surface area contributed by atoms with E-state index in [1.165, 1.54) is 5.56 Å². The minimum Gasteiger partial charge on any atom is -0.494 e. The van der Waals surface area contributed by atoms with Crippen LogP contribution in [0.5, 0.6) is 11.5 Å². The molecule has 0 saturated heterocycles. The summed E-state index contributed by atoms with van der Waals surface area (Å²) in [6.45, 7) is 0.521. The van der Waals surface area contributed by atoms with E-state index in [0.29, 0.717) is 6.54 Å². The summed E-state index contributed by atoms with van der Waals surface area (Å²) in [7, 11) is 1.66. The largest absolute Gasteiger partial charge is 0.494 e. The molecule has 2 N–H and O–H groups in total. The third-order valence-corrected chi connectivity index (χ3v) is 4.27. The summed E-state index contributed by atoms with van der Waals surface area (Å²) in [5.74, 6) is 1.68. The fraction of sp³-hybridized carbons (Fsp3) is 0.211. The van der Waals surface area contributed by atoms with Crippen molar-refractivity contribution in [1.82, 2.24) is 4.98 Å². The van der Waals surface area contributed by atoms with Crippen molar-refractivity contribution in [3.63, 3.8) is 0 Å². The third kappa shape index (κ3) is 2.32. The zero-order chi connectivity index (χ0) is 15.8. The highest BCUT2D eigenvalue weighted by Gasteiger charge is 2.25. The van der Waals surface area contributed by atoms with Crippen molar-refractivity contribution in [2.24, 2.45) is 5.73 Å². The fourth-order valence-corrected chi connectivity index (χ4v) is 3.11. The molecule has 0 fully saturated rings. The van der Waals surface area contributed by atoms with Gasteiger partial charge >= 0.3 is 0 Å². The SMILES string of the molecule is COc1cccc2ccc(-c3cccc4c3OC(CN)C4)nc12. The highest BCUT2D eigenvalue weighted by Crippen LogP contribution is 2.38. The van der Waals surface area contributed by atoms with Gasteiger partial charge in [0.05, 0.1) is 12.8 Å². The second-order valence-electron chi connectivity index (χ2n) is 5.70. The number of nitrogens with two attached hydrogens (primary N) is 1. The van der Waals surface area contributed by atoms with Crippen LogP contribution < -0.4 is 15.2 Å². The standard InChI is InChI=1S/C19H18N2O2/c1-22-17-7-3-4-12-8-9-16(21-18(12)17)15-6-2-5-13-10-14(11-20)23-19(13)15/h2-9,14H,10-11,20H2,1H3. The maximum atomic E-state index is 6.01. The molecule has 2 heterocycles. The van der Waals surface area contributed by atoms with Gasteiger partial charge in [-0.25, -0.2) is 4.98 Å². The zero-order valence-corrected chi connectivity index (χ0v) is 13.0. The van der Waals surface area contributed by atoms with E-state index in [-0.39, 0.29) is 6.10 Å². The summed E-state index contributed by atoms with van der Waals surface area (Å²) in [4.78, 5) is 4.81. The van der Waals surface area contributed by atoms with Gasteiger partial charge in [-0.15, -0.1) is 0 Å². The van der Waals surface area contributed by atoms with E-state index in [1.807, 2.05) is 36.4 Å². The van der Waals surface area contributed by atoms with E-state index in [0.717, 1.165) is 40.1 Å². The number of aromatic nitrogens is 1. The van der Waals surface area contributed by atoms with E-state index in [9.17, 15) is 0 Å². The van der Waals surface area contributed by atoms with Crippen LogP contribution in [0, 0.1) is 0 Å². The molecule has 0 bridgehead atoms.